The number of likely N-dealkylation sites (N-methyl/N-ethyl adjacent to an activating group) is 1. The monoisotopic (exact) mass is 268 g/mol. The number of β-amino-alcohol motifs (C(OH)–C–C–N with tert-alkyl or cyclic N) is 1. The number of aliphatic hydroxyl groups is 1. The lowest BCUT2D eigenvalue weighted by Crippen LogP contribution is -2.49. The van der Waals surface area contributed by atoms with Gasteiger partial charge in [-0.15, -0.1) is 0 Å². The number of nitrogens with zero attached hydrogens (tertiary/aromatic N) is 2. The Bertz CT molecular complexity index is 355. The van der Waals surface area contributed by atoms with Crippen molar-refractivity contribution < 1.29 is 14.7 Å². The Morgan fingerprint density at radius 3 is 2.11 bits per heavy atom. The van der Waals surface area contributed by atoms with Crippen molar-refractivity contribution in [2.75, 3.05) is 27.2 Å². The van der Waals surface area contributed by atoms with Gasteiger partial charge >= 0.3 is 0 Å². The summed E-state index contributed by atoms with van der Waals surface area (Å²) in [7, 11) is 3.73. The van der Waals surface area contributed by atoms with E-state index < -0.39 is 5.60 Å². The summed E-state index contributed by atoms with van der Waals surface area (Å²) in [5, 5.41) is 10.3. The molecule has 2 fully saturated rings. The number of carbonyl (C=O) groups is 2. The summed E-state index contributed by atoms with van der Waals surface area (Å²) in [5.74, 6) is -0.407. The molecule has 0 spiro atoms. The van der Waals surface area contributed by atoms with Crippen LogP contribution in [-0.2, 0) is 9.59 Å². The summed E-state index contributed by atoms with van der Waals surface area (Å²) < 4.78 is 0. The Kier molecular flexibility index (Phi) is 3.97. The summed E-state index contributed by atoms with van der Waals surface area (Å²) in [5.41, 5.74) is -1.05. The fraction of sp³-hybridized carbons (Fsp3) is 0.857. The molecular weight excluding hydrogens is 244 g/mol. The zero-order valence-electron chi connectivity index (χ0n) is 12.1. The van der Waals surface area contributed by atoms with Gasteiger partial charge < -0.3 is 10.0 Å². The molecule has 2 aliphatic rings. The van der Waals surface area contributed by atoms with Gasteiger partial charge in [0.1, 0.15) is 0 Å². The maximum Gasteiger partial charge on any atom is 0.233 e. The van der Waals surface area contributed by atoms with E-state index in [1.165, 1.54) is 4.90 Å². The van der Waals surface area contributed by atoms with Crippen molar-refractivity contribution in [2.24, 2.45) is 11.8 Å². The molecule has 5 heteroatoms. The molecular formula is C14H24N2O3. The number of hydrogen-bond acceptors (Lipinski definition) is 4. The van der Waals surface area contributed by atoms with Crippen LogP contribution in [-0.4, -0.2) is 59.5 Å². The van der Waals surface area contributed by atoms with E-state index in [-0.39, 0.29) is 30.2 Å². The predicted molar refractivity (Wildman–Crippen MR) is 71.3 cm³/mol. The van der Waals surface area contributed by atoms with Gasteiger partial charge in [-0.05, 0) is 33.9 Å². The van der Waals surface area contributed by atoms with Crippen LogP contribution in [0.25, 0.3) is 0 Å². The average molecular weight is 268 g/mol. The van der Waals surface area contributed by atoms with Gasteiger partial charge in [0.2, 0.25) is 11.8 Å². The van der Waals surface area contributed by atoms with Crippen LogP contribution in [0.3, 0.4) is 0 Å². The van der Waals surface area contributed by atoms with E-state index in [0.717, 1.165) is 25.7 Å². The third kappa shape index (κ3) is 2.98. The van der Waals surface area contributed by atoms with Crippen molar-refractivity contribution >= 4 is 11.8 Å². The molecule has 108 valence electrons. The van der Waals surface area contributed by atoms with Gasteiger partial charge in [0.05, 0.1) is 24.0 Å². The smallest absolute Gasteiger partial charge is 0.233 e. The minimum atomic E-state index is -1.05. The lowest BCUT2D eigenvalue weighted by molar-refractivity contribution is -0.144. The molecule has 1 N–H and O–H groups in total. The lowest BCUT2D eigenvalue weighted by Gasteiger charge is -2.30. The summed E-state index contributed by atoms with van der Waals surface area (Å²) in [4.78, 5) is 27.7. The van der Waals surface area contributed by atoms with Gasteiger partial charge in [0, 0.05) is 6.54 Å². The predicted octanol–water partition coefficient (Wildman–Crippen LogP) is 0.474. The first-order chi connectivity index (χ1) is 8.82. The molecule has 0 aromatic rings. The van der Waals surface area contributed by atoms with Crippen LogP contribution in [0.4, 0.5) is 0 Å². The van der Waals surface area contributed by atoms with E-state index in [0.29, 0.717) is 6.54 Å². The lowest BCUT2D eigenvalue weighted by atomic mass is 9.81. The first-order valence-corrected chi connectivity index (χ1v) is 7.04. The Labute approximate surface area is 114 Å². The van der Waals surface area contributed by atoms with Crippen LogP contribution in [0.1, 0.15) is 32.6 Å². The van der Waals surface area contributed by atoms with Gasteiger partial charge in [0.15, 0.2) is 0 Å². The zero-order chi connectivity index (χ0) is 14.2. The van der Waals surface area contributed by atoms with Crippen LogP contribution in [0, 0.1) is 11.8 Å². The van der Waals surface area contributed by atoms with Crippen LogP contribution in [0.5, 0.6) is 0 Å². The molecule has 0 radical (unpaired) electrons. The topological polar surface area (TPSA) is 60.9 Å². The van der Waals surface area contributed by atoms with Gasteiger partial charge in [0.25, 0.3) is 0 Å². The van der Waals surface area contributed by atoms with E-state index >= 15 is 0 Å². The SMILES string of the molecule is CN(C)CC(C)(O)CN1C(=O)C2CCCCC2C1=O. The molecule has 5 nitrogen and oxygen atoms in total. The second kappa shape index (κ2) is 5.21. The minimum absolute atomic E-state index is 0.0752. The summed E-state index contributed by atoms with van der Waals surface area (Å²) in [6, 6.07) is 0. The Morgan fingerprint density at radius 2 is 1.68 bits per heavy atom. The fourth-order valence-electron chi connectivity index (χ4n) is 3.46. The van der Waals surface area contributed by atoms with Crippen molar-refractivity contribution in [1.82, 2.24) is 9.80 Å². The summed E-state index contributed by atoms with van der Waals surface area (Å²) >= 11 is 0. The third-order valence-electron chi connectivity index (χ3n) is 4.09. The molecule has 1 saturated heterocycles. The van der Waals surface area contributed by atoms with E-state index in [1.807, 2.05) is 19.0 Å². The second-order valence-corrected chi connectivity index (χ2v) is 6.49. The number of hydrogen-bond donors (Lipinski definition) is 1. The normalized spacial score (nSPS) is 30.7. The number of rotatable bonds is 4. The van der Waals surface area contributed by atoms with Crippen LogP contribution >= 0.6 is 0 Å². The standard InChI is InChI=1S/C14H24N2O3/c1-14(19,8-15(2)3)9-16-12(17)10-6-4-5-7-11(10)13(16)18/h10-11,19H,4-9H2,1-3H3. The van der Waals surface area contributed by atoms with E-state index in [2.05, 4.69) is 0 Å². The van der Waals surface area contributed by atoms with E-state index in [4.69, 9.17) is 0 Å². The summed E-state index contributed by atoms with van der Waals surface area (Å²) in [6.45, 7) is 2.21. The maximum absolute atomic E-state index is 12.3. The molecule has 2 rings (SSSR count). The molecule has 19 heavy (non-hydrogen) atoms. The van der Waals surface area contributed by atoms with Crippen molar-refractivity contribution in [3.8, 4) is 0 Å². The number of carbonyl (C=O) groups excluding carboxylic acids is 2. The van der Waals surface area contributed by atoms with Crippen molar-refractivity contribution in [1.29, 1.82) is 0 Å². The van der Waals surface area contributed by atoms with Crippen LogP contribution in [0.2, 0.25) is 0 Å². The Morgan fingerprint density at radius 1 is 1.21 bits per heavy atom. The molecule has 3 atom stereocenters. The summed E-state index contributed by atoms with van der Waals surface area (Å²) in [6.07, 6.45) is 3.70. The highest BCUT2D eigenvalue weighted by molar-refractivity contribution is 6.05. The van der Waals surface area contributed by atoms with Gasteiger partial charge in [-0.1, -0.05) is 12.8 Å². The van der Waals surface area contributed by atoms with Gasteiger partial charge in [-0.25, -0.2) is 0 Å². The molecule has 0 aromatic heterocycles. The number of amides is 2. The zero-order valence-corrected chi connectivity index (χ0v) is 12.1. The van der Waals surface area contributed by atoms with Crippen molar-refractivity contribution in [3.05, 3.63) is 0 Å². The number of imide groups is 1. The first-order valence-electron chi connectivity index (χ1n) is 7.04. The van der Waals surface area contributed by atoms with Crippen molar-refractivity contribution in [2.45, 2.75) is 38.2 Å². The quantitative estimate of drug-likeness (QED) is 0.753. The molecule has 0 bridgehead atoms. The highest BCUT2D eigenvalue weighted by Crippen LogP contribution is 2.38. The minimum Gasteiger partial charge on any atom is -0.387 e. The van der Waals surface area contributed by atoms with Crippen LogP contribution < -0.4 is 0 Å². The van der Waals surface area contributed by atoms with Crippen LogP contribution in [0.15, 0.2) is 0 Å². The van der Waals surface area contributed by atoms with Gasteiger partial charge in [-0.3, -0.25) is 14.5 Å². The largest absolute Gasteiger partial charge is 0.387 e. The molecule has 3 unspecified atom stereocenters. The maximum atomic E-state index is 12.3. The highest BCUT2D eigenvalue weighted by atomic mass is 16.3. The molecule has 1 aliphatic heterocycles. The Balaban J connectivity index is 2.08. The molecule has 2 amide bonds. The fourth-order valence-corrected chi connectivity index (χ4v) is 3.46. The average Bonchev–Trinajstić information content (AvgIpc) is 2.53. The molecule has 0 aromatic carbocycles. The third-order valence-corrected chi connectivity index (χ3v) is 4.09. The number of fused-ring (bicyclic) bond motifs is 1. The molecule has 1 saturated carbocycles. The van der Waals surface area contributed by atoms with Crippen molar-refractivity contribution in [3.63, 3.8) is 0 Å². The molecule has 1 heterocycles. The second-order valence-electron chi connectivity index (χ2n) is 6.49. The van der Waals surface area contributed by atoms with E-state index in [9.17, 15) is 14.7 Å². The number of likely N-dealkylation sites (tertiary alicyclic amines) is 1. The van der Waals surface area contributed by atoms with Gasteiger partial charge in [-0.2, -0.15) is 0 Å². The highest BCUT2D eigenvalue weighted by Gasteiger charge is 2.49. The first kappa shape index (κ1) is 14.5. The molecule has 1 aliphatic carbocycles. The Hall–Kier alpha value is -0.940. The van der Waals surface area contributed by atoms with E-state index in [1.54, 1.807) is 6.92 Å².